The number of hydrogen-bond donors (Lipinski definition) is 1. The first-order chi connectivity index (χ1) is 14.7. The maximum Gasteiger partial charge on any atom is 0.280 e. The topological polar surface area (TPSA) is 72.8 Å². The molecule has 0 aliphatic carbocycles. The summed E-state index contributed by atoms with van der Waals surface area (Å²) < 4.78 is 7.97. The molecule has 2 aliphatic rings. The number of amides is 1. The zero-order chi connectivity index (χ0) is 20.5. The van der Waals surface area contributed by atoms with Crippen molar-refractivity contribution in [2.45, 2.75) is 38.1 Å². The van der Waals surface area contributed by atoms with Crippen molar-refractivity contribution in [3.63, 3.8) is 0 Å². The molecule has 2 N–H and O–H groups in total. The van der Waals surface area contributed by atoms with Crippen LogP contribution in [0, 0.1) is 0 Å². The van der Waals surface area contributed by atoms with E-state index in [4.69, 9.17) is 10.5 Å². The van der Waals surface area contributed by atoms with Gasteiger partial charge in [0.05, 0.1) is 5.52 Å². The van der Waals surface area contributed by atoms with Crippen LogP contribution in [0.3, 0.4) is 0 Å². The number of aromatic nitrogens is 1. The molecule has 0 radical (unpaired) electrons. The Morgan fingerprint density at radius 1 is 0.967 bits per heavy atom. The van der Waals surface area contributed by atoms with Gasteiger partial charge in [0.1, 0.15) is 0 Å². The van der Waals surface area contributed by atoms with E-state index in [9.17, 15) is 4.79 Å². The van der Waals surface area contributed by atoms with Crippen LogP contribution in [0.1, 0.15) is 48.5 Å². The van der Waals surface area contributed by atoms with Gasteiger partial charge in [-0.15, -0.1) is 0 Å². The van der Waals surface area contributed by atoms with Crippen LogP contribution in [0.5, 0.6) is 0 Å². The number of hydrogen-bond acceptors (Lipinski definition) is 2. The number of guanidine groups is 1. The lowest BCUT2D eigenvalue weighted by Gasteiger charge is -2.27. The molecule has 156 valence electrons. The Labute approximate surface area is 176 Å². The number of ether oxygens (including phenoxy) is 1. The Hall–Kier alpha value is -2.86. The summed E-state index contributed by atoms with van der Waals surface area (Å²) in [6.07, 6.45) is 5.37. The highest BCUT2D eigenvalue weighted by molar-refractivity contribution is 6.11. The number of nitrogens with zero attached hydrogens (tertiary/aromatic N) is 3. The third kappa shape index (κ3) is 3.45. The second kappa shape index (κ2) is 8.11. The van der Waals surface area contributed by atoms with Gasteiger partial charge in [-0.1, -0.05) is 24.3 Å². The van der Waals surface area contributed by atoms with Crippen LogP contribution in [0.4, 0.5) is 0 Å². The van der Waals surface area contributed by atoms with E-state index in [1.165, 1.54) is 22.7 Å². The van der Waals surface area contributed by atoms with Crippen LogP contribution in [0.25, 0.3) is 21.8 Å². The average molecular weight is 405 g/mol. The van der Waals surface area contributed by atoms with Crippen molar-refractivity contribution in [1.29, 1.82) is 0 Å². The van der Waals surface area contributed by atoms with Crippen molar-refractivity contribution in [3.05, 3.63) is 48.0 Å². The predicted molar refractivity (Wildman–Crippen MR) is 120 cm³/mol. The molecule has 0 bridgehead atoms. The molecule has 0 atom stereocenters. The van der Waals surface area contributed by atoms with Crippen LogP contribution in [-0.2, 0) is 4.74 Å². The van der Waals surface area contributed by atoms with Crippen LogP contribution in [-0.4, -0.2) is 47.6 Å². The summed E-state index contributed by atoms with van der Waals surface area (Å²) in [5.41, 5.74) is 9.02. The summed E-state index contributed by atoms with van der Waals surface area (Å²) >= 11 is 0. The van der Waals surface area contributed by atoms with Crippen molar-refractivity contribution in [2.24, 2.45) is 10.7 Å². The van der Waals surface area contributed by atoms with E-state index in [0.717, 1.165) is 57.5 Å². The molecule has 6 nitrogen and oxygen atoms in total. The number of piperidine rings is 1. The predicted octanol–water partition coefficient (Wildman–Crippen LogP) is 4.09. The summed E-state index contributed by atoms with van der Waals surface area (Å²) in [6, 6.07) is 14.7. The van der Waals surface area contributed by atoms with E-state index in [1.54, 1.807) is 0 Å². The van der Waals surface area contributed by atoms with E-state index in [2.05, 4.69) is 33.8 Å². The van der Waals surface area contributed by atoms with Crippen LogP contribution in [0.2, 0.25) is 0 Å². The van der Waals surface area contributed by atoms with Crippen molar-refractivity contribution < 1.29 is 9.53 Å². The van der Waals surface area contributed by atoms with E-state index in [1.807, 2.05) is 23.1 Å². The standard InChI is InChI=1S/C24H28N4O2/c25-24(27-12-4-1-5-13-27)26-23(29)17-8-9-20-19-6-2-3-7-21(19)28(22(20)16-17)18-10-14-30-15-11-18/h2-3,6-9,16,18H,1,4-5,10-15H2,(H2,25,26,29). The lowest BCUT2D eigenvalue weighted by molar-refractivity contribution is 0.0717. The van der Waals surface area contributed by atoms with Gasteiger partial charge in [-0.25, -0.2) is 0 Å². The highest BCUT2D eigenvalue weighted by Crippen LogP contribution is 2.35. The van der Waals surface area contributed by atoms with Gasteiger partial charge in [-0.05, 0) is 50.3 Å². The molecule has 2 aromatic carbocycles. The van der Waals surface area contributed by atoms with E-state index in [0.29, 0.717) is 17.6 Å². The number of aliphatic imine (C=N–C) groups is 1. The van der Waals surface area contributed by atoms with Gasteiger partial charge in [0.25, 0.3) is 5.91 Å². The number of nitrogens with two attached hydrogens (primary N) is 1. The van der Waals surface area contributed by atoms with Gasteiger partial charge >= 0.3 is 0 Å². The third-order valence-electron chi connectivity index (χ3n) is 6.41. The Balaban J connectivity index is 1.56. The largest absolute Gasteiger partial charge is 0.381 e. The molecule has 6 heteroatoms. The van der Waals surface area contributed by atoms with E-state index in [-0.39, 0.29) is 5.91 Å². The number of rotatable bonds is 2. The van der Waals surface area contributed by atoms with Crippen molar-refractivity contribution in [2.75, 3.05) is 26.3 Å². The zero-order valence-corrected chi connectivity index (χ0v) is 17.2. The fraction of sp³-hybridized carbons (Fsp3) is 0.417. The lowest BCUT2D eigenvalue weighted by atomic mass is 10.1. The fourth-order valence-electron chi connectivity index (χ4n) is 4.83. The minimum Gasteiger partial charge on any atom is -0.381 e. The molecule has 2 fully saturated rings. The Morgan fingerprint density at radius 2 is 1.70 bits per heavy atom. The molecular formula is C24H28N4O2. The van der Waals surface area contributed by atoms with Gasteiger partial charge in [0.2, 0.25) is 0 Å². The molecule has 0 spiro atoms. The molecule has 1 amide bonds. The Morgan fingerprint density at radius 3 is 2.50 bits per heavy atom. The summed E-state index contributed by atoms with van der Waals surface area (Å²) in [4.78, 5) is 19.2. The monoisotopic (exact) mass is 404 g/mol. The summed E-state index contributed by atoms with van der Waals surface area (Å²) in [5.74, 6) is 0.0635. The van der Waals surface area contributed by atoms with Gasteiger partial charge in [-0.2, -0.15) is 4.99 Å². The molecule has 1 aromatic heterocycles. The van der Waals surface area contributed by atoms with E-state index < -0.39 is 0 Å². The molecular weight excluding hydrogens is 376 g/mol. The van der Waals surface area contributed by atoms with Crippen LogP contribution < -0.4 is 5.73 Å². The quantitative estimate of drug-likeness (QED) is 0.516. The first-order valence-electron chi connectivity index (χ1n) is 11.0. The van der Waals surface area contributed by atoms with Crippen LogP contribution >= 0.6 is 0 Å². The number of likely N-dealkylation sites (tertiary alicyclic amines) is 1. The highest BCUT2D eigenvalue weighted by atomic mass is 16.5. The second-order valence-corrected chi connectivity index (χ2v) is 8.29. The summed E-state index contributed by atoms with van der Waals surface area (Å²) in [7, 11) is 0. The number of benzene rings is 2. The number of para-hydroxylation sites is 1. The molecule has 3 heterocycles. The van der Waals surface area contributed by atoms with Gasteiger partial charge in [0, 0.05) is 54.2 Å². The first-order valence-corrected chi connectivity index (χ1v) is 11.0. The smallest absolute Gasteiger partial charge is 0.280 e. The Kier molecular flexibility index (Phi) is 5.17. The average Bonchev–Trinajstić information content (AvgIpc) is 3.14. The van der Waals surface area contributed by atoms with Crippen molar-refractivity contribution >= 4 is 33.7 Å². The maximum absolute atomic E-state index is 12.9. The number of carbonyl (C=O) groups is 1. The van der Waals surface area contributed by atoms with Gasteiger partial charge in [-0.3, -0.25) is 4.79 Å². The molecule has 0 saturated carbocycles. The minimum absolute atomic E-state index is 0.274. The lowest BCUT2D eigenvalue weighted by Crippen LogP contribution is -2.41. The molecule has 3 aromatic rings. The highest BCUT2D eigenvalue weighted by Gasteiger charge is 2.22. The van der Waals surface area contributed by atoms with Gasteiger partial charge < -0.3 is 19.9 Å². The maximum atomic E-state index is 12.9. The fourth-order valence-corrected chi connectivity index (χ4v) is 4.83. The first kappa shape index (κ1) is 19.1. The third-order valence-corrected chi connectivity index (χ3v) is 6.41. The van der Waals surface area contributed by atoms with Crippen LogP contribution in [0.15, 0.2) is 47.5 Å². The van der Waals surface area contributed by atoms with Crippen molar-refractivity contribution in [1.82, 2.24) is 9.47 Å². The minimum atomic E-state index is -0.274. The Bertz CT molecular complexity index is 1110. The molecule has 2 saturated heterocycles. The van der Waals surface area contributed by atoms with E-state index >= 15 is 0 Å². The summed E-state index contributed by atoms with van der Waals surface area (Å²) in [5, 5.41) is 2.39. The molecule has 2 aliphatic heterocycles. The zero-order valence-electron chi connectivity index (χ0n) is 17.2. The molecule has 30 heavy (non-hydrogen) atoms. The number of fused-ring (bicyclic) bond motifs is 3. The SMILES string of the molecule is NC(=NC(=O)c1ccc2c3ccccc3n(C3CCOCC3)c2c1)N1CCCCC1. The molecule has 5 rings (SSSR count). The second-order valence-electron chi connectivity index (χ2n) is 8.29. The van der Waals surface area contributed by atoms with Crippen molar-refractivity contribution in [3.8, 4) is 0 Å². The normalized spacial score (nSPS) is 18.9. The van der Waals surface area contributed by atoms with Gasteiger partial charge in [0.15, 0.2) is 5.96 Å². The number of carbonyl (C=O) groups excluding carboxylic acids is 1. The summed E-state index contributed by atoms with van der Waals surface area (Å²) in [6.45, 7) is 3.29. The molecule has 0 unspecified atom stereocenters.